The second kappa shape index (κ2) is 6.20. The minimum absolute atomic E-state index is 0.151. The number of nitrogens with zero attached hydrogens (tertiary/aromatic N) is 1. The van der Waals surface area contributed by atoms with Gasteiger partial charge in [-0.1, -0.05) is 6.07 Å². The molecule has 1 aromatic carbocycles. The van der Waals surface area contributed by atoms with Crippen LogP contribution < -0.4 is 9.64 Å². The van der Waals surface area contributed by atoms with Crippen molar-refractivity contribution in [2.24, 2.45) is 0 Å². The molecular weight excluding hydrogens is 304 g/mol. The van der Waals surface area contributed by atoms with Crippen LogP contribution in [0.15, 0.2) is 47.5 Å². The minimum atomic E-state index is -0.151. The maximum Gasteiger partial charge on any atom is 0.119 e. The predicted molar refractivity (Wildman–Crippen MR) is 98.3 cm³/mol. The molecular formula is C19H22N2OS. The number of rotatable bonds is 5. The lowest BCUT2D eigenvalue weighted by molar-refractivity contribution is 0.413. The fraction of sp³-hybridized carbons (Fsp3) is 0.316. The number of fused-ring (bicyclic) bond motifs is 1. The second-order valence-electron chi connectivity index (χ2n) is 5.93. The van der Waals surface area contributed by atoms with E-state index in [4.69, 9.17) is 10.1 Å². The Labute approximate surface area is 141 Å². The third-order valence-electron chi connectivity index (χ3n) is 4.61. The maximum atomic E-state index is 7.59. The summed E-state index contributed by atoms with van der Waals surface area (Å²) in [6.45, 7) is 5.32. The van der Waals surface area contributed by atoms with Gasteiger partial charge in [0.15, 0.2) is 0 Å². The highest BCUT2D eigenvalue weighted by Crippen LogP contribution is 2.50. The number of likely N-dealkylation sites (N-methyl/N-ethyl adjacent to an activating group) is 1. The first kappa shape index (κ1) is 15.8. The highest BCUT2D eigenvalue weighted by molar-refractivity contribution is 7.09. The highest BCUT2D eigenvalue weighted by Gasteiger charge is 2.43. The van der Waals surface area contributed by atoms with Crippen LogP contribution in [0.3, 0.4) is 0 Å². The van der Waals surface area contributed by atoms with Crippen molar-refractivity contribution in [3.8, 4) is 5.75 Å². The van der Waals surface area contributed by atoms with Crippen molar-refractivity contribution in [3.05, 3.63) is 57.9 Å². The van der Waals surface area contributed by atoms with Crippen molar-refractivity contribution in [1.82, 2.24) is 0 Å². The van der Waals surface area contributed by atoms with Crippen molar-refractivity contribution in [2.45, 2.75) is 25.7 Å². The fourth-order valence-electron chi connectivity index (χ4n) is 3.53. The topological polar surface area (TPSA) is 36.3 Å². The average molecular weight is 326 g/mol. The Bertz CT molecular complexity index is 736. The van der Waals surface area contributed by atoms with E-state index >= 15 is 0 Å². The Morgan fingerprint density at radius 1 is 1.35 bits per heavy atom. The van der Waals surface area contributed by atoms with Crippen molar-refractivity contribution >= 4 is 23.2 Å². The van der Waals surface area contributed by atoms with E-state index in [2.05, 4.69) is 48.4 Å². The number of nitrogens with one attached hydrogen (secondary N) is 1. The predicted octanol–water partition coefficient (Wildman–Crippen LogP) is 4.63. The zero-order valence-corrected chi connectivity index (χ0v) is 14.6. The van der Waals surface area contributed by atoms with Gasteiger partial charge in [-0.15, -0.1) is 11.3 Å². The number of ether oxygens (including phenoxy) is 1. The molecule has 0 bridgehead atoms. The van der Waals surface area contributed by atoms with Gasteiger partial charge in [-0.3, -0.25) is 0 Å². The largest absolute Gasteiger partial charge is 0.497 e. The molecule has 3 nitrogen and oxygen atoms in total. The number of allylic oxidation sites excluding steroid dienone is 2. The standard InChI is InChI=1S/C19H22N2OS/c1-4-21-17-8-7-14(22-3)12-16(17)19(2,18(21)9-10-20)13-15-6-5-11-23-15/h5-12,20H,4,13H2,1-3H3/b18-9-,20-10?. The number of thiophene rings is 1. The zero-order chi connectivity index (χ0) is 16.4. The van der Waals surface area contributed by atoms with E-state index in [1.54, 1.807) is 18.4 Å². The van der Waals surface area contributed by atoms with E-state index in [1.807, 2.05) is 12.1 Å². The van der Waals surface area contributed by atoms with Gasteiger partial charge >= 0.3 is 0 Å². The normalized spacial score (nSPS) is 21.5. The van der Waals surface area contributed by atoms with E-state index in [9.17, 15) is 0 Å². The molecule has 0 spiro atoms. The first-order valence-electron chi connectivity index (χ1n) is 7.83. The van der Waals surface area contributed by atoms with Crippen LogP contribution in [-0.4, -0.2) is 19.9 Å². The number of hydrogen-bond acceptors (Lipinski definition) is 4. The molecule has 1 aliphatic rings. The van der Waals surface area contributed by atoms with Crippen LogP contribution in [-0.2, 0) is 11.8 Å². The molecule has 2 aromatic rings. The molecule has 2 heterocycles. The average Bonchev–Trinajstić information content (AvgIpc) is 3.14. The quantitative estimate of drug-likeness (QED) is 0.813. The molecule has 23 heavy (non-hydrogen) atoms. The van der Waals surface area contributed by atoms with Crippen molar-refractivity contribution < 1.29 is 4.74 Å². The Morgan fingerprint density at radius 3 is 2.78 bits per heavy atom. The van der Waals surface area contributed by atoms with Crippen LogP contribution in [0, 0.1) is 5.41 Å². The van der Waals surface area contributed by atoms with Crippen LogP contribution in [0.1, 0.15) is 24.3 Å². The lowest BCUT2D eigenvalue weighted by atomic mass is 9.78. The fourth-order valence-corrected chi connectivity index (χ4v) is 4.39. The van der Waals surface area contributed by atoms with Crippen molar-refractivity contribution in [1.29, 1.82) is 5.41 Å². The summed E-state index contributed by atoms with van der Waals surface area (Å²) in [4.78, 5) is 3.67. The first-order chi connectivity index (χ1) is 11.1. The van der Waals surface area contributed by atoms with E-state index < -0.39 is 0 Å². The highest BCUT2D eigenvalue weighted by atomic mass is 32.1. The Hall–Kier alpha value is -2.07. The summed E-state index contributed by atoms with van der Waals surface area (Å²) in [6.07, 6.45) is 4.26. The molecule has 1 unspecified atom stereocenters. The number of methoxy groups -OCH3 is 1. The lowest BCUT2D eigenvalue weighted by Gasteiger charge is -2.29. The molecule has 3 rings (SSSR count). The SMILES string of the molecule is CCN1/C(=C\C=N)C(C)(Cc2cccs2)c2cc(OC)ccc21. The summed E-state index contributed by atoms with van der Waals surface area (Å²) in [5, 5.41) is 9.72. The monoisotopic (exact) mass is 326 g/mol. The van der Waals surface area contributed by atoms with Crippen LogP contribution in [0.2, 0.25) is 0 Å². The summed E-state index contributed by atoms with van der Waals surface area (Å²) in [6, 6.07) is 10.6. The van der Waals surface area contributed by atoms with Crippen LogP contribution in [0.25, 0.3) is 0 Å². The molecule has 0 fully saturated rings. The molecule has 1 aromatic heterocycles. The van der Waals surface area contributed by atoms with Crippen LogP contribution >= 0.6 is 11.3 Å². The summed E-state index contributed by atoms with van der Waals surface area (Å²) in [7, 11) is 1.71. The molecule has 120 valence electrons. The molecule has 0 amide bonds. The molecule has 0 aliphatic carbocycles. The molecule has 1 N–H and O–H groups in total. The Kier molecular flexibility index (Phi) is 4.26. The molecule has 1 atom stereocenters. The van der Waals surface area contributed by atoms with Gasteiger partial charge < -0.3 is 15.0 Å². The number of benzene rings is 1. The summed E-state index contributed by atoms with van der Waals surface area (Å²) < 4.78 is 5.45. The summed E-state index contributed by atoms with van der Waals surface area (Å²) in [5.74, 6) is 0.883. The number of hydrogen-bond donors (Lipinski definition) is 1. The van der Waals surface area contributed by atoms with Gasteiger partial charge in [0.25, 0.3) is 0 Å². The van der Waals surface area contributed by atoms with Gasteiger partial charge in [-0.05, 0) is 61.6 Å². The third-order valence-corrected chi connectivity index (χ3v) is 5.49. The third kappa shape index (κ3) is 2.57. The van der Waals surface area contributed by atoms with Crippen LogP contribution in [0.4, 0.5) is 5.69 Å². The number of anilines is 1. The van der Waals surface area contributed by atoms with Crippen molar-refractivity contribution in [2.75, 3.05) is 18.6 Å². The summed E-state index contributed by atoms with van der Waals surface area (Å²) >= 11 is 1.79. The molecule has 4 heteroatoms. The smallest absolute Gasteiger partial charge is 0.119 e. The van der Waals surface area contributed by atoms with Gasteiger partial charge in [0.05, 0.1) is 7.11 Å². The van der Waals surface area contributed by atoms with E-state index in [-0.39, 0.29) is 5.41 Å². The van der Waals surface area contributed by atoms with E-state index in [0.29, 0.717) is 0 Å². The lowest BCUT2D eigenvalue weighted by Crippen LogP contribution is -2.30. The second-order valence-corrected chi connectivity index (χ2v) is 6.97. The van der Waals surface area contributed by atoms with E-state index in [1.165, 1.54) is 28.0 Å². The van der Waals surface area contributed by atoms with Gasteiger partial charge in [0, 0.05) is 34.4 Å². The molecule has 0 saturated heterocycles. The van der Waals surface area contributed by atoms with Gasteiger partial charge in [-0.25, -0.2) is 0 Å². The van der Waals surface area contributed by atoms with Gasteiger partial charge in [-0.2, -0.15) is 0 Å². The van der Waals surface area contributed by atoms with Crippen LogP contribution in [0.5, 0.6) is 5.75 Å². The van der Waals surface area contributed by atoms with Crippen molar-refractivity contribution in [3.63, 3.8) is 0 Å². The molecule has 1 aliphatic heterocycles. The maximum absolute atomic E-state index is 7.59. The minimum Gasteiger partial charge on any atom is -0.497 e. The Balaban J connectivity index is 2.18. The molecule has 0 radical (unpaired) electrons. The first-order valence-corrected chi connectivity index (χ1v) is 8.71. The van der Waals surface area contributed by atoms with E-state index in [0.717, 1.165) is 18.7 Å². The van der Waals surface area contributed by atoms with Gasteiger partial charge in [0.2, 0.25) is 0 Å². The zero-order valence-electron chi connectivity index (χ0n) is 13.8. The summed E-state index contributed by atoms with van der Waals surface area (Å²) in [5.41, 5.74) is 3.54. The Morgan fingerprint density at radius 2 is 2.17 bits per heavy atom. The van der Waals surface area contributed by atoms with Gasteiger partial charge in [0.1, 0.15) is 5.75 Å². The molecule has 0 saturated carbocycles.